The first kappa shape index (κ1) is 39.0. The van der Waals surface area contributed by atoms with Gasteiger partial charge >= 0.3 is 0 Å². The zero-order valence-corrected chi connectivity index (χ0v) is 35.8. The lowest BCUT2D eigenvalue weighted by Crippen LogP contribution is -2.26. The van der Waals surface area contributed by atoms with Gasteiger partial charge in [0.05, 0.1) is 34.0 Å². The van der Waals surface area contributed by atoms with E-state index in [1.165, 1.54) is 27.5 Å². The molecule has 2 atom stereocenters. The van der Waals surface area contributed by atoms with Crippen molar-refractivity contribution >= 4 is 66.8 Å². The Bertz CT molecular complexity index is 3040. The number of fused-ring (bicyclic) bond motifs is 4. The zero-order chi connectivity index (χ0) is 43.0. The quantitative estimate of drug-likeness (QED) is 0.152. The lowest BCUT2D eigenvalue weighted by Gasteiger charge is -2.19. The fourth-order valence-corrected chi connectivity index (χ4v) is 9.30. The van der Waals surface area contributed by atoms with Crippen molar-refractivity contribution in [1.82, 2.24) is 44.0 Å². The topological polar surface area (TPSA) is 131 Å². The molecule has 0 spiro atoms. The first-order valence-electron chi connectivity index (χ1n) is 21.8. The second-order valence-electron chi connectivity index (χ2n) is 16.7. The van der Waals surface area contributed by atoms with Crippen LogP contribution in [0.3, 0.4) is 0 Å². The van der Waals surface area contributed by atoms with Gasteiger partial charge in [-0.15, -0.1) is 0 Å². The number of benzene rings is 4. The molecule has 4 aromatic carbocycles. The predicted octanol–water partition coefficient (Wildman–Crippen LogP) is 9.14. The summed E-state index contributed by atoms with van der Waals surface area (Å²) in [5, 5.41) is 9.95. The number of nitrogens with zero attached hydrogens (tertiary/aromatic N) is 11. The van der Waals surface area contributed by atoms with Crippen molar-refractivity contribution in [1.29, 1.82) is 0 Å². The van der Waals surface area contributed by atoms with Gasteiger partial charge in [-0.1, -0.05) is 24.3 Å². The van der Waals surface area contributed by atoms with Gasteiger partial charge in [0.2, 0.25) is 0 Å². The molecule has 6 aromatic heterocycles. The van der Waals surface area contributed by atoms with Gasteiger partial charge in [-0.25, -0.2) is 9.97 Å². The Balaban J connectivity index is 0.000000143. The van der Waals surface area contributed by atoms with Gasteiger partial charge in [-0.05, 0) is 101 Å². The molecular formula is C51H47N13. The van der Waals surface area contributed by atoms with Crippen molar-refractivity contribution < 1.29 is 0 Å². The third kappa shape index (κ3) is 7.76. The maximum absolute atomic E-state index is 4.66. The Kier molecular flexibility index (Phi) is 10.2. The molecule has 316 valence electrons. The molecule has 10 aromatic rings. The summed E-state index contributed by atoms with van der Waals surface area (Å²) >= 11 is 0. The molecule has 2 aliphatic rings. The smallest absolute Gasteiger partial charge is 0.131 e. The van der Waals surface area contributed by atoms with E-state index in [1.807, 2.05) is 24.5 Å². The summed E-state index contributed by atoms with van der Waals surface area (Å²) in [6, 6.07) is 32.9. The van der Waals surface area contributed by atoms with Crippen LogP contribution in [0.15, 0.2) is 153 Å². The minimum atomic E-state index is 0.335. The maximum atomic E-state index is 4.66. The van der Waals surface area contributed by atoms with Gasteiger partial charge in [-0.3, -0.25) is 24.9 Å². The van der Waals surface area contributed by atoms with Crippen molar-refractivity contribution in [2.45, 2.75) is 24.9 Å². The monoisotopic (exact) mass is 841 g/mol. The van der Waals surface area contributed by atoms with E-state index in [9.17, 15) is 0 Å². The van der Waals surface area contributed by atoms with Crippen LogP contribution in [0.2, 0.25) is 0 Å². The summed E-state index contributed by atoms with van der Waals surface area (Å²) in [5.74, 6) is 0.977. The number of anilines is 4. The van der Waals surface area contributed by atoms with Crippen LogP contribution < -0.4 is 20.4 Å². The standard InChI is InChI=1S/C26H24N6.C25H23N7/c1-31-11-6-18-4-5-19(13-25(18)31)23-14-21(15-24-26(23)29-10-9-28-24)30-20-7-12-32(17-20)22-3-2-8-27-16-22;1-31-10-5-17-2-3-18(12-23(17)31)21-13-20(14-22-25(21)28-9-8-27-22)30-19-6-11-32(15-19)24-4-7-26-16-29-24/h2-6,8-11,13-16,20,30H,7,12,17H2,1H3;2-5,7-10,12-14,16,19,30H,6,11,15H2,1H3/t;19-/m.0/s1. The van der Waals surface area contributed by atoms with Crippen molar-refractivity contribution in [2.75, 3.05) is 46.6 Å². The summed E-state index contributed by atoms with van der Waals surface area (Å²) in [4.78, 5) is 35.9. The van der Waals surface area contributed by atoms with Gasteiger partial charge in [0, 0.05) is 135 Å². The molecule has 2 fully saturated rings. The second-order valence-corrected chi connectivity index (χ2v) is 16.7. The molecule has 64 heavy (non-hydrogen) atoms. The molecule has 12 rings (SSSR count). The minimum Gasteiger partial charge on any atom is -0.380 e. The molecule has 2 N–H and O–H groups in total. The minimum absolute atomic E-state index is 0.335. The molecule has 13 nitrogen and oxygen atoms in total. The summed E-state index contributed by atoms with van der Waals surface area (Å²) in [6.45, 7) is 3.85. The van der Waals surface area contributed by atoms with E-state index in [0.29, 0.717) is 12.1 Å². The van der Waals surface area contributed by atoms with E-state index >= 15 is 0 Å². The van der Waals surface area contributed by atoms with Crippen LogP contribution in [0, 0.1) is 0 Å². The number of rotatable bonds is 8. The number of aryl methyl sites for hydroxylation is 2. The second kappa shape index (κ2) is 16.7. The van der Waals surface area contributed by atoms with Crippen LogP contribution >= 0.6 is 0 Å². The number of aromatic nitrogens is 9. The van der Waals surface area contributed by atoms with Crippen LogP contribution in [0.5, 0.6) is 0 Å². The largest absolute Gasteiger partial charge is 0.380 e. The molecule has 1 unspecified atom stereocenters. The molecule has 0 radical (unpaired) electrons. The highest BCUT2D eigenvalue weighted by Crippen LogP contribution is 2.35. The van der Waals surface area contributed by atoms with Gasteiger partial charge in [-0.2, -0.15) is 0 Å². The van der Waals surface area contributed by atoms with Gasteiger partial charge in [0.25, 0.3) is 0 Å². The maximum Gasteiger partial charge on any atom is 0.131 e. The van der Waals surface area contributed by atoms with Crippen molar-refractivity contribution in [3.8, 4) is 22.3 Å². The van der Waals surface area contributed by atoms with Crippen LogP contribution in [0.1, 0.15) is 12.8 Å². The zero-order valence-electron chi connectivity index (χ0n) is 35.8. The Morgan fingerprint density at radius 1 is 0.531 bits per heavy atom. The third-order valence-electron chi connectivity index (χ3n) is 12.6. The number of pyridine rings is 1. The van der Waals surface area contributed by atoms with Crippen molar-refractivity contribution in [3.05, 3.63) is 153 Å². The van der Waals surface area contributed by atoms with Crippen LogP contribution in [-0.4, -0.2) is 82.3 Å². The Labute approximate surface area is 370 Å². The predicted molar refractivity (Wildman–Crippen MR) is 258 cm³/mol. The number of nitrogens with one attached hydrogen (secondary N) is 2. The van der Waals surface area contributed by atoms with E-state index in [0.717, 1.165) is 101 Å². The summed E-state index contributed by atoms with van der Waals surface area (Å²) in [7, 11) is 4.15. The molecule has 0 aliphatic carbocycles. The summed E-state index contributed by atoms with van der Waals surface area (Å²) in [5.41, 5.74) is 13.9. The first-order chi connectivity index (χ1) is 31.5. The lowest BCUT2D eigenvalue weighted by molar-refractivity contribution is 0.806. The summed E-state index contributed by atoms with van der Waals surface area (Å²) in [6.07, 6.45) is 20.5. The number of hydrogen-bond acceptors (Lipinski definition) is 11. The fourth-order valence-electron chi connectivity index (χ4n) is 9.30. The Hall–Kier alpha value is -7.93. The lowest BCUT2D eigenvalue weighted by atomic mass is 10.0. The van der Waals surface area contributed by atoms with E-state index < -0.39 is 0 Å². The van der Waals surface area contributed by atoms with Crippen LogP contribution in [-0.2, 0) is 14.1 Å². The van der Waals surface area contributed by atoms with E-state index in [2.05, 4.69) is 170 Å². The van der Waals surface area contributed by atoms with Gasteiger partial charge in [0.1, 0.15) is 12.1 Å². The first-order valence-corrected chi connectivity index (χ1v) is 21.8. The van der Waals surface area contributed by atoms with Crippen molar-refractivity contribution in [3.63, 3.8) is 0 Å². The van der Waals surface area contributed by atoms with E-state index in [1.54, 1.807) is 37.3 Å². The highest BCUT2D eigenvalue weighted by Gasteiger charge is 2.25. The number of hydrogen-bond donors (Lipinski definition) is 2. The highest BCUT2D eigenvalue weighted by atomic mass is 15.2. The molecule has 2 saturated heterocycles. The fraction of sp³-hybridized carbons (Fsp3) is 0.196. The average Bonchev–Trinajstić information content (AvgIpc) is 4.17. The van der Waals surface area contributed by atoms with E-state index in [-0.39, 0.29) is 0 Å². The molecule has 13 heteroatoms. The summed E-state index contributed by atoms with van der Waals surface area (Å²) < 4.78 is 4.30. The molecule has 0 amide bonds. The van der Waals surface area contributed by atoms with E-state index in [4.69, 9.17) is 0 Å². The van der Waals surface area contributed by atoms with Gasteiger partial charge < -0.3 is 29.6 Å². The SMILES string of the molecule is Cn1ccc2ccc(-c3cc(NC4CCN(c5cccnc5)C4)cc4nccnc34)cc21.Cn1ccc2ccc(-c3cc(N[C@H]4CCN(c5ccncn5)C4)cc4nccnc34)cc21. The molecule has 8 heterocycles. The van der Waals surface area contributed by atoms with Crippen LogP contribution in [0.4, 0.5) is 22.9 Å². The molecular weight excluding hydrogens is 795 g/mol. The van der Waals surface area contributed by atoms with Gasteiger partial charge in [0.15, 0.2) is 0 Å². The molecule has 0 saturated carbocycles. The Morgan fingerprint density at radius 3 is 1.67 bits per heavy atom. The highest BCUT2D eigenvalue weighted by molar-refractivity contribution is 5.98. The normalized spacial score (nSPS) is 16.2. The molecule has 2 aliphatic heterocycles. The average molecular weight is 842 g/mol. The Morgan fingerprint density at radius 2 is 1.11 bits per heavy atom. The van der Waals surface area contributed by atoms with Crippen molar-refractivity contribution in [2.24, 2.45) is 14.1 Å². The van der Waals surface area contributed by atoms with Crippen LogP contribution in [0.25, 0.3) is 66.1 Å². The third-order valence-corrected chi connectivity index (χ3v) is 12.6. The molecule has 0 bridgehead atoms.